The normalized spacial score (nSPS) is 10.1. The molecule has 0 aliphatic heterocycles. The van der Waals surface area contributed by atoms with Gasteiger partial charge in [0.25, 0.3) is 0 Å². The van der Waals surface area contributed by atoms with Crippen molar-refractivity contribution in [3.8, 4) is 11.5 Å². The van der Waals surface area contributed by atoms with Crippen LogP contribution in [0.15, 0.2) is 41.3 Å². The fraction of sp³-hybridized carbons (Fsp3) is 0.250. The van der Waals surface area contributed by atoms with Gasteiger partial charge in [0.05, 0.1) is 26.3 Å². The van der Waals surface area contributed by atoms with Gasteiger partial charge in [0.1, 0.15) is 0 Å². The maximum Gasteiger partial charge on any atom is 0.250 e. The topological polar surface area (TPSA) is 69.6 Å². The molecule has 2 aromatic rings. The Bertz CT molecular complexity index is 737. The molecule has 0 spiro atoms. The molecule has 1 N–H and O–H groups in total. The van der Waals surface area contributed by atoms with Crippen molar-refractivity contribution in [1.29, 1.82) is 0 Å². The Morgan fingerprint density at radius 3 is 2.50 bits per heavy atom. The molecule has 0 radical (unpaired) electrons. The summed E-state index contributed by atoms with van der Waals surface area (Å²) < 4.78 is 11.8. The number of aryl methyl sites for hydroxylation is 1. The number of methoxy groups -OCH3 is 2. The molecule has 0 saturated heterocycles. The summed E-state index contributed by atoms with van der Waals surface area (Å²) in [7, 11) is 4.74. The summed E-state index contributed by atoms with van der Waals surface area (Å²) in [5, 5.41) is 2.75. The molecule has 1 heterocycles. The molecule has 0 saturated carbocycles. The fourth-order valence-corrected chi connectivity index (χ4v) is 2.05. The highest BCUT2D eigenvalue weighted by atomic mass is 16.5. The highest BCUT2D eigenvalue weighted by Gasteiger charge is 2.09. The van der Waals surface area contributed by atoms with Crippen LogP contribution in [0.25, 0.3) is 0 Å². The van der Waals surface area contributed by atoms with Crippen molar-refractivity contribution in [3.05, 3.63) is 52.4 Å². The van der Waals surface area contributed by atoms with Gasteiger partial charge in [-0.25, -0.2) is 0 Å². The Kier molecular flexibility index (Phi) is 4.83. The lowest BCUT2D eigenvalue weighted by atomic mass is 10.1. The van der Waals surface area contributed by atoms with Crippen molar-refractivity contribution < 1.29 is 14.3 Å². The first-order valence-electron chi connectivity index (χ1n) is 6.71. The van der Waals surface area contributed by atoms with Crippen LogP contribution in [-0.2, 0) is 18.3 Å². The molecule has 0 aliphatic carbocycles. The third-order valence-electron chi connectivity index (χ3n) is 3.18. The van der Waals surface area contributed by atoms with E-state index in [0.29, 0.717) is 17.2 Å². The molecule has 0 fully saturated rings. The largest absolute Gasteiger partial charge is 0.493 e. The molecule has 22 heavy (non-hydrogen) atoms. The van der Waals surface area contributed by atoms with E-state index in [1.165, 1.54) is 10.6 Å². The molecule has 6 nitrogen and oxygen atoms in total. The molecule has 1 amide bonds. The summed E-state index contributed by atoms with van der Waals surface area (Å²) in [5.41, 5.74) is 1.26. The average Bonchev–Trinajstić information content (AvgIpc) is 2.50. The second kappa shape index (κ2) is 6.80. The van der Waals surface area contributed by atoms with Crippen LogP contribution in [0.1, 0.15) is 5.56 Å². The highest BCUT2D eigenvalue weighted by Crippen LogP contribution is 2.27. The summed E-state index contributed by atoms with van der Waals surface area (Å²) in [5.74, 6) is 1.02. The van der Waals surface area contributed by atoms with E-state index in [1.54, 1.807) is 45.7 Å². The Labute approximate surface area is 128 Å². The number of amides is 1. The van der Waals surface area contributed by atoms with Crippen LogP contribution >= 0.6 is 0 Å². The number of hydrogen-bond donors (Lipinski definition) is 1. The summed E-state index contributed by atoms with van der Waals surface area (Å²) in [4.78, 5) is 23.4. The minimum atomic E-state index is -0.175. The molecule has 1 aromatic heterocycles. The number of carbonyl (C=O) groups excluding carboxylic acids is 1. The number of pyridine rings is 1. The van der Waals surface area contributed by atoms with Crippen LogP contribution in [0.3, 0.4) is 0 Å². The third kappa shape index (κ3) is 3.66. The van der Waals surface area contributed by atoms with Crippen molar-refractivity contribution in [3.63, 3.8) is 0 Å². The number of hydrogen-bond acceptors (Lipinski definition) is 4. The number of nitrogens with zero attached hydrogens (tertiary/aromatic N) is 1. The van der Waals surface area contributed by atoms with Gasteiger partial charge in [-0.3, -0.25) is 9.59 Å². The van der Waals surface area contributed by atoms with E-state index in [9.17, 15) is 9.59 Å². The van der Waals surface area contributed by atoms with Gasteiger partial charge in [0.2, 0.25) is 11.5 Å². The van der Waals surface area contributed by atoms with E-state index in [-0.39, 0.29) is 17.9 Å². The molecule has 0 unspecified atom stereocenters. The molecule has 2 rings (SSSR count). The summed E-state index contributed by atoms with van der Waals surface area (Å²) >= 11 is 0. The quantitative estimate of drug-likeness (QED) is 0.910. The summed E-state index contributed by atoms with van der Waals surface area (Å²) in [6.45, 7) is 0. The minimum Gasteiger partial charge on any atom is -0.493 e. The molecule has 0 atom stereocenters. The van der Waals surface area contributed by atoms with E-state index in [4.69, 9.17) is 9.47 Å². The van der Waals surface area contributed by atoms with Crippen LogP contribution in [0.5, 0.6) is 11.5 Å². The molecule has 116 valence electrons. The van der Waals surface area contributed by atoms with Crippen molar-refractivity contribution >= 4 is 11.6 Å². The lowest BCUT2D eigenvalue weighted by molar-refractivity contribution is -0.115. The number of aromatic nitrogens is 1. The maximum atomic E-state index is 12.1. The fourth-order valence-electron chi connectivity index (χ4n) is 2.05. The van der Waals surface area contributed by atoms with E-state index in [2.05, 4.69) is 5.32 Å². The van der Waals surface area contributed by atoms with Gasteiger partial charge < -0.3 is 19.4 Å². The Hall–Kier alpha value is -2.76. The number of carbonyl (C=O) groups is 1. The molecule has 6 heteroatoms. The monoisotopic (exact) mass is 302 g/mol. The second-order valence-corrected chi connectivity index (χ2v) is 4.78. The SMILES string of the molecule is COc1ccc(CC(=O)Nc2ccc(=O)n(C)c2)cc1OC. The minimum absolute atomic E-state index is 0.127. The molecular formula is C16H18N2O4. The molecule has 0 bridgehead atoms. The smallest absolute Gasteiger partial charge is 0.250 e. The first-order valence-corrected chi connectivity index (χ1v) is 6.71. The predicted octanol–water partition coefficient (Wildman–Crippen LogP) is 1.58. The number of anilines is 1. The number of benzene rings is 1. The van der Waals surface area contributed by atoms with Crippen LogP contribution in [0, 0.1) is 0 Å². The predicted molar refractivity (Wildman–Crippen MR) is 83.6 cm³/mol. The summed E-state index contributed by atoms with van der Waals surface area (Å²) in [6, 6.07) is 8.31. The zero-order valence-electron chi connectivity index (χ0n) is 12.8. The zero-order valence-corrected chi connectivity index (χ0v) is 12.8. The van der Waals surface area contributed by atoms with Gasteiger partial charge in [-0.2, -0.15) is 0 Å². The van der Waals surface area contributed by atoms with Crippen molar-refractivity contribution in [2.45, 2.75) is 6.42 Å². The van der Waals surface area contributed by atoms with E-state index < -0.39 is 0 Å². The Morgan fingerprint density at radius 1 is 1.14 bits per heavy atom. The van der Waals surface area contributed by atoms with Crippen LogP contribution < -0.4 is 20.3 Å². The van der Waals surface area contributed by atoms with Gasteiger partial charge in [0.15, 0.2) is 11.5 Å². The van der Waals surface area contributed by atoms with E-state index in [1.807, 2.05) is 6.07 Å². The first-order chi connectivity index (χ1) is 10.5. The first kappa shape index (κ1) is 15.6. The van der Waals surface area contributed by atoms with Crippen molar-refractivity contribution in [2.24, 2.45) is 7.05 Å². The third-order valence-corrected chi connectivity index (χ3v) is 3.18. The van der Waals surface area contributed by atoms with Gasteiger partial charge in [-0.05, 0) is 23.8 Å². The molecule has 1 aromatic carbocycles. The molecular weight excluding hydrogens is 284 g/mol. The van der Waals surface area contributed by atoms with Crippen molar-refractivity contribution in [2.75, 3.05) is 19.5 Å². The van der Waals surface area contributed by atoms with Crippen LogP contribution in [-0.4, -0.2) is 24.7 Å². The van der Waals surface area contributed by atoms with E-state index in [0.717, 1.165) is 5.56 Å². The lowest BCUT2D eigenvalue weighted by Gasteiger charge is -2.10. The molecule has 0 aliphatic rings. The standard InChI is InChI=1S/C16H18N2O4/c1-18-10-12(5-7-16(18)20)17-15(19)9-11-4-6-13(21-2)14(8-11)22-3/h4-8,10H,9H2,1-3H3,(H,17,19). The van der Waals surface area contributed by atoms with E-state index >= 15 is 0 Å². The number of nitrogens with one attached hydrogen (secondary N) is 1. The lowest BCUT2D eigenvalue weighted by Crippen LogP contribution is -2.19. The van der Waals surface area contributed by atoms with Crippen LogP contribution in [0.2, 0.25) is 0 Å². The van der Waals surface area contributed by atoms with Crippen molar-refractivity contribution in [1.82, 2.24) is 4.57 Å². The Balaban J connectivity index is 2.08. The number of ether oxygens (including phenoxy) is 2. The van der Waals surface area contributed by atoms with Crippen LogP contribution in [0.4, 0.5) is 5.69 Å². The summed E-state index contributed by atoms with van der Waals surface area (Å²) in [6.07, 6.45) is 1.78. The average molecular weight is 302 g/mol. The second-order valence-electron chi connectivity index (χ2n) is 4.78. The Morgan fingerprint density at radius 2 is 1.86 bits per heavy atom. The van der Waals surface area contributed by atoms with Gasteiger partial charge in [0, 0.05) is 19.3 Å². The highest BCUT2D eigenvalue weighted by molar-refractivity contribution is 5.92. The zero-order chi connectivity index (χ0) is 16.1. The van der Waals surface area contributed by atoms with Gasteiger partial charge >= 0.3 is 0 Å². The maximum absolute atomic E-state index is 12.1. The number of rotatable bonds is 5. The van der Waals surface area contributed by atoms with Gasteiger partial charge in [-0.1, -0.05) is 6.07 Å². The van der Waals surface area contributed by atoms with Gasteiger partial charge in [-0.15, -0.1) is 0 Å².